The van der Waals surface area contributed by atoms with Gasteiger partial charge < -0.3 is 15.0 Å². The molecule has 1 atom stereocenters. The summed E-state index contributed by atoms with van der Waals surface area (Å²) < 4.78 is 18.1. The molecule has 1 N–H and O–H groups in total. The van der Waals surface area contributed by atoms with Crippen LogP contribution in [-0.2, 0) is 4.79 Å². The summed E-state index contributed by atoms with van der Waals surface area (Å²) in [4.78, 5) is 26.4. The van der Waals surface area contributed by atoms with Gasteiger partial charge in [0.1, 0.15) is 11.6 Å². The summed E-state index contributed by atoms with van der Waals surface area (Å²) >= 11 is 0. The number of hydrogen-bond acceptors (Lipinski definition) is 3. The fourth-order valence-corrected chi connectivity index (χ4v) is 3.20. The molecule has 26 heavy (non-hydrogen) atoms. The second-order valence-corrected chi connectivity index (χ2v) is 6.21. The first-order chi connectivity index (χ1) is 12.6. The monoisotopic (exact) mass is 356 g/mol. The predicted octanol–water partition coefficient (Wildman–Crippen LogP) is 2.93. The molecule has 1 aliphatic heterocycles. The van der Waals surface area contributed by atoms with Gasteiger partial charge in [-0.25, -0.2) is 4.39 Å². The number of carbonyl (C=O) groups is 2. The van der Waals surface area contributed by atoms with Gasteiger partial charge in [-0.05, 0) is 54.8 Å². The molecule has 0 aromatic heterocycles. The molecular weight excluding hydrogens is 335 g/mol. The zero-order valence-electron chi connectivity index (χ0n) is 14.6. The highest BCUT2D eigenvalue weighted by Crippen LogP contribution is 2.32. The van der Waals surface area contributed by atoms with Crippen LogP contribution in [0.1, 0.15) is 34.8 Å². The van der Waals surface area contributed by atoms with E-state index < -0.39 is 11.7 Å². The first-order valence-corrected chi connectivity index (χ1v) is 8.55. The summed E-state index contributed by atoms with van der Waals surface area (Å²) in [6.45, 7) is 0.588. The van der Waals surface area contributed by atoms with Crippen molar-refractivity contribution < 1.29 is 18.7 Å². The van der Waals surface area contributed by atoms with Crippen molar-refractivity contribution in [2.24, 2.45) is 0 Å². The van der Waals surface area contributed by atoms with E-state index in [0.717, 1.165) is 24.2 Å². The topological polar surface area (TPSA) is 58.6 Å². The Kier molecular flexibility index (Phi) is 5.51. The molecule has 5 nitrogen and oxygen atoms in total. The number of rotatable bonds is 5. The van der Waals surface area contributed by atoms with Crippen molar-refractivity contribution in [1.29, 1.82) is 0 Å². The molecule has 1 aliphatic rings. The van der Waals surface area contributed by atoms with Gasteiger partial charge in [-0.1, -0.05) is 12.1 Å². The van der Waals surface area contributed by atoms with Crippen LogP contribution in [0.5, 0.6) is 5.75 Å². The van der Waals surface area contributed by atoms with Crippen molar-refractivity contribution in [3.63, 3.8) is 0 Å². The van der Waals surface area contributed by atoms with E-state index in [1.807, 2.05) is 24.3 Å². The molecule has 0 spiro atoms. The second-order valence-electron chi connectivity index (χ2n) is 6.21. The number of methoxy groups -OCH3 is 1. The number of carbonyl (C=O) groups excluding carboxylic acids is 2. The molecule has 136 valence electrons. The number of halogens is 1. The van der Waals surface area contributed by atoms with E-state index >= 15 is 0 Å². The molecule has 0 radical (unpaired) electrons. The molecule has 2 amide bonds. The SMILES string of the molecule is COc1ccc([C@@H]2CCCN2C(=O)CNC(=O)c2ccc(F)cc2)cc1. The number of nitrogens with one attached hydrogen (secondary N) is 1. The quantitative estimate of drug-likeness (QED) is 0.896. The Morgan fingerprint density at radius 3 is 2.50 bits per heavy atom. The normalized spacial score (nSPS) is 16.4. The lowest BCUT2D eigenvalue weighted by molar-refractivity contribution is -0.131. The summed E-state index contributed by atoms with van der Waals surface area (Å²) in [7, 11) is 1.62. The van der Waals surface area contributed by atoms with E-state index in [1.165, 1.54) is 24.3 Å². The number of benzene rings is 2. The van der Waals surface area contributed by atoms with Gasteiger partial charge in [-0.15, -0.1) is 0 Å². The fourth-order valence-electron chi connectivity index (χ4n) is 3.20. The molecule has 0 aliphatic carbocycles. The van der Waals surface area contributed by atoms with Crippen LogP contribution in [-0.4, -0.2) is 36.9 Å². The van der Waals surface area contributed by atoms with Crippen molar-refractivity contribution >= 4 is 11.8 Å². The van der Waals surface area contributed by atoms with Crippen molar-refractivity contribution in [1.82, 2.24) is 10.2 Å². The first kappa shape index (κ1) is 17.9. The maximum Gasteiger partial charge on any atom is 0.251 e. The third-order valence-corrected chi connectivity index (χ3v) is 4.58. The lowest BCUT2D eigenvalue weighted by Crippen LogP contribution is -2.39. The van der Waals surface area contributed by atoms with E-state index in [9.17, 15) is 14.0 Å². The van der Waals surface area contributed by atoms with Crippen LogP contribution in [0.15, 0.2) is 48.5 Å². The van der Waals surface area contributed by atoms with Crippen LogP contribution < -0.4 is 10.1 Å². The summed E-state index contributed by atoms with van der Waals surface area (Å²) in [6.07, 6.45) is 1.82. The predicted molar refractivity (Wildman–Crippen MR) is 95.4 cm³/mol. The summed E-state index contributed by atoms with van der Waals surface area (Å²) in [5, 5.41) is 2.61. The molecule has 0 unspecified atom stereocenters. The highest BCUT2D eigenvalue weighted by atomic mass is 19.1. The smallest absolute Gasteiger partial charge is 0.251 e. The molecule has 6 heteroatoms. The third kappa shape index (κ3) is 4.02. The number of ether oxygens (including phenoxy) is 1. The molecule has 2 aromatic carbocycles. The summed E-state index contributed by atoms with van der Waals surface area (Å²) in [6, 6.07) is 12.9. The maximum atomic E-state index is 12.9. The third-order valence-electron chi connectivity index (χ3n) is 4.58. The molecule has 0 bridgehead atoms. The number of likely N-dealkylation sites (tertiary alicyclic amines) is 1. The van der Waals surface area contributed by atoms with Crippen LogP contribution in [0, 0.1) is 5.82 Å². The zero-order chi connectivity index (χ0) is 18.5. The van der Waals surface area contributed by atoms with E-state index in [2.05, 4.69) is 5.32 Å². The first-order valence-electron chi connectivity index (χ1n) is 8.55. The molecular formula is C20H21FN2O3. The Bertz CT molecular complexity index is 775. The average molecular weight is 356 g/mol. The van der Waals surface area contributed by atoms with Crippen molar-refractivity contribution in [3.05, 3.63) is 65.5 Å². The molecule has 2 aromatic rings. The molecule has 1 heterocycles. The molecule has 1 saturated heterocycles. The van der Waals surface area contributed by atoms with E-state index in [1.54, 1.807) is 12.0 Å². The highest BCUT2D eigenvalue weighted by molar-refractivity contribution is 5.96. The van der Waals surface area contributed by atoms with Gasteiger partial charge in [0.2, 0.25) is 5.91 Å². The van der Waals surface area contributed by atoms with Gasteiger partial charge in [0.25, 0.3) is 5.91 Å². The van der Waals surface area contributed by atoms with Gasteiger partial charge in [0, 0.05) is 12.1 Å². The van der Waals surface area contributed by atoms with Crippen LogP contribution >= 0.6 is 0 Å². The minimum atomic E-state index is -0.406. The number of nitrogens with zero attached hydrogens (tertiary/aromatic N) is 1. The Morgan fingerprint density at radius 1 is 1.15 bits per heavy atom. The lowest BCUT2D eigenvalue weighted by Gasteiger charge is -2.25. The summed E-state index contributed by atoms with van der Waals surface area (Å²) in [5.41, 5.74) is 1.38. The largest absolute Gasteiger partial charge is 0.497 e. The summed E-state index contributed by atoms with van der Waals surface area (Å²) in [5.74, 6) is -0.148. The minimum absolute atomic E-state index is 0.0103. The molecule has 0 saturated carbocycles. The molecule has 1 fully saturated rings. The van der Waals surface area contributed by atoms with E-state index in [4.69, 9.17) is 4.74 Å². The Labute approximate surface area is 151 Å². The van der Waals surface area contributed by atoms with Crippen molar-refractivity contribution in [2.45, 2.75) is 18.9 Å². The minimum Gasteiger partial charge on any atom is -0.497 e. The fraction of sp³-hybridized carbons (Fsp3) is 0.300. The van der Waals surface area contributed by atoms with Gasteiger partial charge in [-0.2, -0.15) is 0 Å². The van der Waals surface area contributed by atoms with Gasteiger partial charge >= 0.3 is 0 Å². The second kappa shape index (κ2) is 7.99. The standard InChI is InChI=1S/C20H21FN2O3/c1-26-17-10-6-14(7-11-17)18-3-2-12-23(18)19(24)13-22-20(25)15-4-8-16(21)9-5-15/h4-11,18H,2-3,12-13H2,1H3,(H,22,25)/t18-/m0/s1. The van der Waals surface area contributed by atoms with Crippen LogP contribution in [0.4, 0.5) is 4.39 Å². The van der Waals surface area contributed by atoms with Crippen molar-refractivity contribution in [3.8, 4) is 5.75 Å². The highest BCUT2D eigenvalue weighted by Gasteiger charge is 2.29. The van der Waals surface area contributed by atoms with E-state index in [0.29, 0.717) is 12.1 Å². The van der Waals surface area contributed by atoms with Crippen LogP contribution in [0.25, 0.3) is 0 Å². The van der Waals surface area contributed by atoms with Crippen LogP contribution in [0.2, 0.25) is 0 Å². The number of hydrogen-bond donors (Lipinski definition) is 1. The van der Waals surface area contributed by atoms with E-state index in [-0.39, 0.29) is 18.5 Å². The molecule has 3 rings (SSSR count). The van der Waals surface area contributed by atoms with Gasteiger partial charge in [0.15, 0.2) is 0 Å². The lowest BCUT2D eigenvalue weighted by atomic mass is 10.0. The zero-order valence-corrected chi connectivity index (χ0v) is 14.6. The Balaban J connectivity index is 1.61. The Morgan fingerprint density at radius 2 is 1.85 bits per heavy atom. The number of amides is 2. The maximum absolute atomic E-state index is 12.9. The van der Waals surface area contributed by atoms with Gasteiger partial charge in [-0.3, -0.25) is 9.59 Å². The van der Waals surface area contributed by atoms with Crippen LogP contribution in [0.3, 0.4) is 0 Å². The average Bonchev–Trinajstić information content (AvgIpc) is 3.16. The van der Waals surface area contributed by atoms with Crippen molar-refractivity contribution in [2.75, 3.05) is 20.2 Å². The van der Waals surface area contributed by atoms with Gasteiger partial charge in [0.05, 0.1) is 19.7 Å². The Hall–Kier alpha value is -2.89.